The maximum Gasteiger partial charge on any atom is 0.127 e. The molecule has 1 aliphatic rings. The van der Waals surface area contributed by atoms with Crippen molar-refractivity contribution in [3.63, 3.8) is 0 Å². The van der Waals surface area contributed by atoms with Crippen molar-refractivity contribution in [2.24, 2.45) is 0 Å². The molecule has 18 heavy (non-hydrogen) atoms. The average molecular weight is 268 g/mol. The summed E-state index contributed by atoms with van der Waals surface area (Å²) in [5.41, 5.74) is 0.784. The van der Waals surface area contributed by atoms with Crippen LogP contribution in [0.3, 0.4) is 0 Å². The van der Waals surface area contributed by atoms with Crippen molar-refractivity contribution < 1.29 is 4.39 Å². The molecule has 2 nitrogen and oxygen atoms in total. The van der Waals surface area contributed by atoms with E-state index in [0.717, 1.165) is 18.5 Å². The highest BCUT2D eigenvalue weighted by Crippen LogP contribution is 2.20. The van der Waals surface area contributed by atoms with E-state index in [1.54, 1.807) is 6.07 Å². The van der Waals surface area contributed by atoms with Crippen LogP contribution < -0.4 is 5.32 Å². The van der Waals surface area contributed by atoms with Gasteiger partial charge in [-0.1, -0.05) is 18.2 Å². The predicted molar refractivity (Wildman–Crippen MR) is 76.6 cm³/mol. The second kappa shape index (κ2) is 7.12. The molecule has 2 rings (SSSR count). The highest BCUT2D eigenvalue weighted by molar-refractivity contribution is 7.99. The number of halogens is 1. The molecule has 1 aromatic rings. The van der Waals surface area contributed by atoms with E-state index < -0.39 is 0 Å². The average Bonchev–Trinajstić information content (AvgIpc) is 2.42. The van der Waals surface area contributed by atoms with E-state index in [-0.39, 0.29) is 11.9 Å². The minimum atomic E-state index is -0.106. The highest BCUT2D eigenvalue weighted by Gasteiger charge is 2.16. The zero-order valence-electron chi connectivity index (χ0n) is 10.9. The van der Waals surface area contributed by atoms with Crippen molar-refractivity contribution in [2.45, 2.75) is 12.5 Å². The summed E-state index contributed by atoms with van der Waals surface area (Å²) in [6, 6.07) is 7.17. The van der Waals surface area contributed by atoms with Gasteiger partial charge in [0.25, 0.3) is 0 Å². The molecule has 1 saturated heterocycles. The van der Waals surface area contributed by atoms with Gasteiger partial charge < -0.3 is 10.2 Å². The van der Waals surface area contributed by atoms with E-state index in [9.17, 15) is 4.39 Å². The summed E-state index contributed by atoms with van der Waals surface area (Å²) in [4.78, 5) is 2.47. The van der Waals surface area contributed by atoms with Crippen molar-refractivity contribution in [1.29, 1.82) is 0 Å². The van der Waals surface area contributed by atoms with Crippen molar-refractivity contribution in [2.75, 3.05) is 38.2 Å². The molecule has 100 valence electrons. The molecule has 1 heterocycles. The SMILES string of the molecule is CNC(CCN1CCSCC1)c1ccccc1F. The van der Waals surface area contributed by atoms with E-state index in [0.29, 0.717) is 0 Å². The predicted octanol–water partition coefficient (Wildman–Crippen LogP) is 2.53. The summed E-state index contributed by atoms with van der Waals surface area (Å²) < 4.78 is 13.7. The van der Waals surface area contributed by atoms with Crippen LogP contribution in [0.2, 0.25) is 0 Å². The van der Waals surface area contributed by atoms with E-state index in [1.165, 1.54) is 30.7 Å². The van der Waals surface area contributed by atoms with Crippen LogP contribution in [0.5, 0.6) is 0 Å². The van der Waals surface area contributed by atoms with Gasteiger partial charge >= 0.3 is 0 Å². The van der Waals surface area contributed by atoms with Gasteiger partial charge in [0.05, 0.1) is 0 Å². The summed E-state index contributed by atoms with van der Waals surface area (Å²) in [6.45, 7) is 3.37. The van der Waals surface area contributed by atoms with Crippen LogP contribution in [0.4, 0.5) is 4.39 Å². The first-order valence-corrected chi connectivity index (χ1v) is 7.68. The Morgan fingerprint density at radius 2 is 2.06 bits per heavy atom. The molecule has 0 saturated carbocycles. The summed E-state index contributed by atoms with van der Waals surface area (Å²) in [5, 5.41) is 3.23. The molecule has 0 spiro atoms. The fourth-order valence-electron chi connectivity index (χ4n) is 2.35. The zero-order valence-corrected chi connectivity index (χ0v) is 11.7. The third-order valence-electron chi connectivity index (χ3n) is 3.47. The fraction of sp³-hybridized carbons (Fsp3) is 0.571. The van der Waals surface area contributed by atoms with Crippen molar-refractivity contribution in [1.82, 2.24) is 10.2 Å². The third-order valence-corrected chi connectivity index (χ3v) is 4.41. The van der Waals surface area contributed by atoms with Gasteiger partial charge in [0.1, 0.15) is 5.82 Å². The number of benzene rings is 1. The lowest BCUT2D eigenvalue weighted by Crippen LogP contribution is -2.35. The van der Waals surface area contributed by atoms with Gasteiger partial charge in [-0.3, -0.25) is 0 Å². The van der Waals surface area contributed by atoms with Crippen molar-refractivity contribution in [3.05, 3.63) is 35.6 Å². The molecule has 0 amide bonds. The van der Waals surface area contributed by atoms with Crippen molar-refractivity contribution >= 4 is 11.8 Å². The minimum absolute atomic E-state index is 0.106. The monoisotopic (exact) mass is 268 g/mol. The molecule has 0 bridgehead atoms. The first-order valence-electron chi connectivity index (χ1n) is 6.53. The Bertz CT molecular complexity index is 367. The van der Waals surface area contributed by atoms with Gasteiger partial charge in [-0.25, -0.2) is 4.39 Å². The Hall–Kier alpha value is -0.580. The van der Waals surface area contributed by atoms with Crippen LogP contribution in [-0.4, -0.2) is 43.1 Å². The fourth-order valence-corrected chi connectivity index (χ4v) is 3.33. The molecule has 1 aliphatic heterocycles. The first kappa shape index (κ1) is 13.8. The normalized spacial score (nSPS) is 18.8. The molecule has 1 fully saturated rings. The number of rotatable bonds is 5. The molecule has 1 atom stereocenters. The molecule has 1 unspecified atom stereocenters. The third kappa shape index (κ3) is 3.70. The molecular formula is C14H21FN2S. The number of nitrogens with one attached hydrogen (secondary N) is 1. The standard InChI is InChI=1S/C14H21FN2S/c1-16-14(12-4-2-3-5-13(12)15)6-7-17-8-10-18-11-9-17/h2-5,14,16H,6-11H2,1H3. The Morgan fingerprint density at radius 1 is 1.33 bits per heavy atom. The van der Waals surface area contributed by atoms with E-state index >= 15 is 0 Å². The first-order chi connectivity index (χ1) is 8.81. The molecule has 0 aromatic heterocycles. The van der Waals surface area contributed by atoms with Crippen molar-refractivity contribution in [3.8, 4) is 0 Å². The number of hydrogen-bond acceptors (Lipinski definition) is 3. The Morgan fingerprint density at radius 3 is 2.72 bits per heavy atom. The number of hydrogen-bond donors (Lipinski definition) is 1. The lowest BCUT2D eigenvalue weighted by atomic mass is 10.0. The molecule has 1 N–H and O–H groups in total. The second-order valence-electron chi connectivity index (χ2n) is 4.61. The molecular weight excluding hydrogens is 247 g/mol. The number of thioether (sulfide) groups is 1. The summed E-state index contributed by atoms with van der Waals surface area (Å²) in [7, 11) is 1.91. The molecule has 0 aliphatic carbocycles. The smallest absolute Gasteiger partial charge is 0.127 e. The van der Waals surface area contributed by atoms with Gasteiger partial charge in [-0.05, 0) is 19.5 Å². The quantitative estimate of drug-likeness (QED) is 0.883. The van der Waals surface area contributed by atoms with Crippen LogP contribution in [0, 0.1) is 5.82 Å². The lowest BCUT2D eigenvalue weighted by molar-refractivity contribution is 0.282. The molecule has 4 heteroatoms. The van der Waals surface area contributed by atoms with Crippen LogP contribution in [0.1, 0.15) is 18.0 Å². The maximum atomic E-state index is 13.7. The van der Waals surface area contributed by atoms with E-state index in [1.807, 2.05) is 30.9 Å². The van der Waals surface area contributed by atoms with Crippen LogP contribution in [-0.2, 0) is 0 Å². The van der Waals surface area contributed by atoms with Crippen LogP contribution in [0.15, 0.2) is 24.3 Å². The zero-order chi connectivity index (χ0) is 12.8. The Labute approximate surface area is 113 Å². The highest BCUT2D eigenvalue weighted by atomic mass is 32.2. The molecule has 0 radical (unpaired) electrons. The lowest BCUT2D eigenvalue weighted by Gasteiger charge is -2.28. The second-order valence-corrected chi connectivity index (χ2v) is 5.83. The molecule has 1 aromatic carbocycles. The van der Waals surface area contributed by atoms with E-state index in [2.05, 4.69) is 10.2 Å². The van der Waals surface area contributed by atoms with Gasteiger partial charge in [-0.2, -0.15) is 11.8 Å². The Kier molecular flexibility index (Phi) is 5.47. The topological polar surface area (TPSA) is 15.3 Å². The van der Waals surface area contributed by atoms with Gasteiger partial charge in [-0.15, -0.1) is 0 Å². The largest absolute Gasteiger partial charge is 0.313 e. The Balaban J connectivity index is 1.91. The van der Waals surface area contributed by atoms with Gasteiger partial charge in [0.2, 0.25) is 0 Å². The summed E-state index contributed by atoms with van der Waals surface area (Å²) in [5.74, 6) is 2.35. The number of nitrogens with zero attached hydrogens (tertiary/aromatic N) is 1. The van der Waals surface area contributed by atoms with E-state index in [4.69, 9.17) is 0 Å². The minimum Gasteiger partial charge on any atom is -0.313 e. The summed E-state index contributed by atoms with van der Waals surface area (Å²) >= 11 is 2.02. The van der Waals surface area contributed by atoms with Gasteiger partial charge in [0, 0.05) is 42.7 Å². The van der Waals surface area contributed by atoms with Crippen LogP contribution in [0.25, 0.3) is 0 Å². The van der Waals surface area contributed by atoms with Crippen LogP contribution >= 0.6 is 11.8 Å². The van der Waals surface area contributed by atoms with Gasteiger partial charge in [0.15, 0.2) is 0 Å². The maximum absolute atomic E-state index is 13.7. The summed E-state index contributed by atoms with van der Waals surface area (Å²) in [6.07, 6.45) is 0.960.